The lowest BCUT2D eigenvalue weighted by Gasteiger charge is -2.11. The van der Waals surface area contributed by atoms with Crippen LogP contribution in [-0.2, 0) is 19.6 Å². The Morgan fingerprint density at radius 3 is 2.39 bits per heavy atom. The van der Waals surface area contributed by atoms with Crippen molar-refractivity contribution in [2.45, 2.75) is 33.5 Å². The number of rotatable bonds is 7. The van der Waals surface area contributed by atoms with Crippen molar-refractivity contribution in [2.24, 2.45) is 0 Å². The molecule has 0 bridgehead atoms. The van der Waals surface area contributed by atoms with Crippen LogP contribution in [0.1, 0.15) is 38.4 Å². The average Bonchev–Trinajstić information content (AvgIpc) is 2.89. The van der Waals surface area contributed by atoms with E-state index in [0.717, 1.165) is 22.4 Å². The predicted octanol–water partition coefficient (Wildman–Crippen LogP) is 4.93. The van der Waals surface area contributed by atoms with Gasteiger partial charge in [-0.1, -0.05) is 41.9 Å². The molecule has 0 unspecified atom stereocenters. The van der Waals surface area contributed by atoms with Crippen molar-refractivity contribution >= 4 is 17.6 Å². The largest absolute Gasteiger partial charge is 0.478 e. The van der Waals surface area contributed by atoms with Gasteiger partial charge in [0.25, 0.3) is 0 Å². The number of aromatic carboxylic acids is 1. The van der Waals surface area contributed by atoms with Gasteiger partial charge in [0.2, 0.25) is 0 Å². The third-order valence-electron chi connectivity index (χ3n) is 4.95. The summed E-state index contributed by atoms with van der Waals surface area (Å²) in [5, 5.41) is 13.7. The number of nitrogens with one attached hydrogen (secondary N) is 1. The molecule has 0 fully saturated rings. The maximum Gasteiger partial charge on any atom is 0.337 e. The minimum absolute atomic E-state index is 0.291. The number of halogens is 2. The molecule has 3 aromatic rings. The van der Waals surface area contributed by atoms with Gasteiger partial charge in [-0.25, -0.2) is 9.18 Å². The van der Waals surface area contributed by atoms with Crippen molar-refractivity contribution in [3.8, 4) is 0 Å². The molecule has 146 valence electrons. The summed E-state index contributed by atoms with van der Waals surface area (Å²) >= 11 is 6.18. The first-order valence-electron chi connectivity index (χ1n) is 8.99. The summed E-state index contributed by atoms with van der Waals surface area (Å²) in [5.74, 6) is -1.24. The van der Waals surface area contributed by atoms with Crippen LogP contribution in [0, 0.1) is 19.7 Å². The van der Waals surface area contributed by atoms with E-state index in [1.807, 2.05) is 35.8 Å². The smallest absolute Gasteiger partial charge is 0.337 e. The number of hydrogen-bond acceptors (Lipinski definition) is 2. The van der Waals surface area contributed by atoms with E-state index in [1.54, 1.807) is 19.1 Å². The predicted molar refractivity (Wildman–Crippen MR) is 108 cm³/mol. The van der Waals surface area contributed by atoms with Gasteiger partial charge in [0.1, 0.15) is 5.82 Å². The maximum atomic E-state index is 13.2. The van der Waals surface area contributed by atoms with Gasteiger partial charge in [0.05, 0.1) is 5.56 Å². The van der Waals surface area contributed by atoms with Crippen LogP contribution in [0.2, 0.25) is 5.02 Å². The first kappa shape index (κ1) is 20.1. The van der Waals surface area contributed by atoms with Gasteiger partial charge in [-0.2, -0.15) is 0 Å². The Bertz CT molecular complexity index is 997. The zero-order chi connectivity index (χ0) is 20.3. The van der Waals surface area contributed by atoms with Crippen LogP contribution >= 0.6 is 11.6 Å². The number of benzene rings is 2. The zero-order valence-corrected chi connectivity index (χ0v) is 16.6. The van der Waals surface area contributed by atoms with Crippen LogP contribution in [0.3, 0.4) is 0 Å². The Hall–Kier alpha value is -2.63. The summed E-state index contributed by atoms with van der Waals surface area (Å²) in [7, 11) is 0. The van der Waals surface area contributed by atoms with Crippen molar-refractivity contribution < 1.29 is 14.3 Å². The van der Waals surface area contributed by atoms with E-state index in [4.69, 9.17) is 11.6 Å². The second-order valence-electron chi connectivity index (χ2n) is 6.74. The lowest BCUT2D eigenvalue weighted by atomic mass is 10.1. The molecule has 2 aromatic carbocycles. The standard InChI is InChI=1S/C22H22ClFN2O2/c1-14-19(12-25-11-17-5-3-4-6-20(17)23)21(22(27)28)15(2)26(14)13-16-7-9-18(24)10-8-16/h3-10,25H,11-13H2,1-2H3,(H,27,28). The number of carbonyl (C=O) groups is 1. The molecular formula is C22H22ClFN2O2. The van der Waals surface area contributed by atoms with E-state index in [2.05, 4.69) is 5.32 Å². The summed E-state index contributed by atoms with van der Waals surface area (Å²) in [6.45, 7) is 5.16. The van der Waals surface area contributed by atoms with E-state index in [-0.39, 0.29) is 5.82 Å². The molecule has 3 rings (SSSR count). The summed E-state index contributed by atoms with van der Waals surface area (Å²) < 4.78 is 15.1. The fourth-order valence-electron chi connectivity index (χ4n) is 3.42. The summed E-state index contributed by atoms with van der Waals surface area (Å²) in [5.41, 5.74) is 4.50. The third-order valence-corrected chi connectivity index (χ3v) is 5.32. The highest BCUT2D eigenvalue weighted by atomic mass is 35.5. The van der Waals surface area contributed by atoms with Gasteiger partial charge in [-0.3, -0.25) is 0 Å². The van der Waals surface area contributed by atoms with Crippen molar-refractivity contribution in [3.05, 3.63) is 93.0 Å². The minimum Gasteiger partial charge on any atom is -0.478 e. The van der Waals surface area contributed by atoms with Gasteiger partial charge >= 0.3 is 5.97 Å². The van der Waals surface area contributed by atoms with E-state index in [9.17, 15) is 14.3 Å². The SMILES string of the molecule is Cc1c(CNCc2ccccc2Cl)c(C(=O)O)c(C)n1Cc1ccc(F)cc1. The molecule has 0 amide bonds. The van der Waals surface area contributed by atoms with Crippen molar-refractivity contribution in [3.63, 3.8) is 0 Å². The third kappa shape index (κ3) is 4.26. The Kier molecular flexibility index (Phi) is 6.17. The molecular weight excluding hydrogens is 379 g/mol. The molecule has 0 spiro atoms. The highest BCUT2D eigenvalue weighted by molar-refractivity contribution is 6.31. The summed E-state index contributed by atoms with van der Waals surface area (Å²) in [6, 6.07) is 13.8. The van der Waals surface area contributed by atoms with E-state index >= 15 is 0 Å². The van der Waals surface area contributed by atoms with Gasteiger partial charge < -0.3 is 15.0 Å². The number of hydrogen-bond donors (Lipinski definition) is 2. The van der Waals surface area contributed by atoms with Gasteiger partial charge in [-0.05, 0) is 43.2 Å². The van der Waals surface area contributed by atoms with Gasteiger partial charge in [-0.15, -0.1) is 0 Å². The number of aromatic nitrogens is 1. The summed E-state index contributed by atoms with van der Waals surface area (Å²) in [6.07, 6.45) is 0. The molecule has 0 radical (unpaired) electrons. The Balaban J connectivity index is 1.84. The maximum absolute atomic E-state index is 13.2. The molecule has 0 atom stereocenters. The van der Waals surface area contributed by atoms with Crippen LogP contribution in [0.25, 0.3) is 0 Å². The lowest BCUT2D eigenvalue weighted by Crippen LogP contribution is -2.15. The molecule has 1 aromatic heterocycles. The molecule has 1 heterocycles. The molecule has 2 N–H and O–H groups in total. The zero-order valence-electron chi connectivity index (χ0n) is 15.8. The number of carboxylic acids is 1. The fraction of sp³-hybridized carbons (Fsp3) is 0.227. The molecule has 0 aliphatic carbocycles. The van der Waals surface area contributed by atoms with Crippen molar-refractivity contribution in [2.75, 3.05) is 0 Å². The molecule has 6 heteroatoms. The summed E-state index contributed by atoms with van der Waals surface area (Å²) in [4.78, 5) is 11.9. The molecule has 0 aliphatic heterocycles. The normalized spacial score (nSPS) is 11.0. The molecule has 4 nitrogen and oxygen atoms in total. The van der Waals surface area contributed by atoms with Crippen LogP contribution in [-0.4, -0.2) is 15.6 Å². The van der Waals surface area contributed by atoms with E-state index < -0.39 is 5.97 Å². The van der Waals surface area contributed by atoms with Crippen LogP contribution in [0.15, 0.2) is 48.5 Å². The monoisotopic (exact) mass is 400 g/mol. The van der Waals surface area contributed by atoms with Crippen molar-refractivity contribution in [1.82, 2.24) is 9.88 Å². The number of carboxylic acid groups (broad SMARTS) is 1. The Morgan fingerprint density at radius 1 is 1.07 bits per heavy atom. The van der Waals surface area contributed by atoms with Crippen LogP contribution in [0.4, 0.5) is 4.39 Å². The Labute approximate surface area is 168 Å². The second kappa shape index (κ2) is 8.59. The molecule has 28 heavy (non-hydrogen) atoms. The van der Waals surface area contributed by atoms with Gasteiger partial charge in [0.15, 0.2) is 0 Å². The topological polar surface area (TPSA) is 54.3 Å². The highest BCUT2D eigenvalue weighted by Crippen LogP contribution is 2.24. The molecule has 0 aliphatic rings. The second-order valence-corrected chi connectivity index (χ2v) is 7.14. The number of nitrogens with zero attached hydrogens (tertiary/aromatic N) is 1. The average molecular weight is 401 g/mol. The van der Waals surface area contributed by atoms with Crippen molar-refractivity contribution in [1.29, 1.82) is 0 Å². The van der Waals surface area contributed by atoms with Crippen LogP contribution < -0.4 is 5.32 Å². The molecule has 0 saturated carbocycles. The Morgan fingerprint density at radius 2 is 1.75 bits per heavy atom. The first-order valence-corrected chi connectivity index (χ1v) is 9.36. The van der Waals surface area contributed by atoms with Gasteiger partial charge in [0, 0.05) is 41.6 Å². The first-order chi connectivity index (χ1) is 13.4. The van der Waals surface area contributed by atoms with E-state index in [0.29, 0.717) is 35.9 Å². The highest BCUT2D eigenvalue weighted by Gasteiger charge is 2.22. The minimum atomic E-state index is -0.951. The lowest BCUT2D eigenvalue weighted by molar-refractivity contribution is 0.0694. The van der Waals surface area contributed by atoms with E-state index in [1.165, 1.54) is 12.1 Å². The van der Waals surface area contributed by atoms with Crippen LogP contribution in [0.5, 0.6) is 0 Å². The molecule has 0 saturated heterocycles. The quantitative estimate of drug-likeness (QED) is 0.591. The fourth-order valence-corrected chi connectivity index (χ4v) is 3.62.